The molecule has 1 aliphatic heterocycles. The van der Waals surface area contributed by atoms with Crippen molar-refractivity contribution in [3.05, 3.63) is 93.2 Å². The number of carbonyl (C=O) groups excluding carboxylic acids is 1. The Bertz CT molecular complexity index is 1270. The number of amides is 1. The van der Waals surface area contributed by atoms with E-state index in [4.69, 9.17) is 4.98 Å². The Balaban J connectivity index is 1.38. The van der Waals surface area contributed by atoms with E-state index in [1.165, 1.54) is 34.0 Å². The molecule has 0 spiro atoms. The van der Waals surface area contributed by atoms with Gasteiger partial charge in [-0.15, -0.1) is 0 Å². The van der Waals surface area contributed by atoms with Gasteiger partial charge in [0.2, 0.25) is 5.91 Å². The summed E-state index contributed by atoms with van der Waals surface area (Å²) in [5, 5.41) is 3.50. The fourth-order valence-electron chi connectivity index (χ4n) is 4.85. The van der Waals surface area contributed by atoms with E-state index in [2.05, 4.69) is 41.4 Å². The summed E-state index contributed by atoms with van der Waals surface area (Å²) >= 11 is 1.36. The molecule has 8 heteroatoms. The lowest BCUT2D eigenvalue weighted by Crippen LogP contribution is -2.46. The summed E-state index contributed by atoms with van der Waals surface area (Å²) in [7, 11) is 1.70. The van der Waals surface area contributed by atoms with Crippen LogP contribution in [0.15, 0.2) is 64.5 Å². The summed E-state index contributed by atoms with van der Waals surface area (Å²) in [5.74, 6) is -0.290. The molecule has 0 radical (unpaired) electrons. The maximum absolute atomic E-state index is 13.3. The zero-order valence-electron chi connectivity index (χ0n) is 22.5. The maximum atomic E-state index is 13.3. The van der Waals surface area contributed by atoms with Crippen LogP contribution in [0.1, 0.15) is 55.0 Å². The molecule has 202 valence electrons. The number of likely N-dealkylation sites (tertiary alicyclic amines) is 1. The number of thioether (sulfide) groups is 1. The van der Waals surface area contributed by atoms with E-state index in [9.17, 15) is 14.0 Å². The topological polar surface area (TPSA) is 67.2 Å². The lowest BCUT2D eigenvalue weighted by atomic mass is 10.0. The molecule has 0 aliphatic carbocycles. The largest absolute Gasteiger partial charge is 0.352 e. The van der Waals surface area contributed by atoms with E-state index in [1.54, 1.807) is 19.2 Å². The Morgan fingerprint density at radius 1 is 1.11 bits per heavy atom. The molecule has 1 N–H and O–H groups in total. The molecule has 1 saturated heterocycles. The first-order chi connectivity index (χ1) is 18.3. The molecule has 1 unspecified atom stereocenters. The lowest BCUT2D eigenvalue weighted by molar-refractivity contribution is -0.121. The summed E-state index contributed by atoms with van der Waals surface area (Å²) in [6, 6.07) is 16.8. The van der Waals surface area contributed by atoms with Crippen molar-refractivity contribution in [1.29, 1.82) is 0 Å². The van der Waals surface area contributed by atoms with Crippen LogP contribution in [0.5, 0.6) is 0 Å². The molecule has 38 heavy (non-hydrogen) atoms. The minimum atomic E-state index is -0.317. The molecule has 1 amide bonds. The number of hydrogen-bond acceptors (Lipinski definition) is 5. The van der Waals surface area contributed by atoms with Gasteiger partial charge in [-0.3, -0.25) is 19.1 Å². The van der Waals surface area contributed by atoms with Crippen molar-refractivity contribution in [2.24, 2.45) is 7.05 Å². The number of halogens is 1. The zero-order valence-corrected chi connectivity index (χ0v) is 23.3. The third kappa shape index (κ3) is 7.32. The number of aromatic nitrogens is 2. The highest BCUT2D eigenvalue weighted by Crippen LogP contribution is 2.26. The predicted molar refractivity (Wildman–Crippen MR) is 151 cm³/mol. The molecule has 4 rings (SSSR count). The average molecular weight is 537 g/mol. The predicted octanol–water partition coefficient (Wildman–Crippen LogP) is 4.86. The van der Waals surface area contributed by atoms with Crippen molar-refractivity contribution in [2.75, 3.05) is 13.1 Å². The second-order valence-electron chi connectivity index (χ2n) is 10.1. The van der Waals surface area contributed by atoms with Crippen molar-refractivity contribution >= 4 is 17.7 Å². The fourth-order valence-corrected chi connectivity index (χ4v) is 6.06. The smallest absolute Gasteiger partial charge is 0.257 e. The molecule has 1 aromatic heterocycles. The molecule has 1 atom stereocenters. The second kappa shape index (κ2) is 13.2. The van der Waals surface area contributed by atoms with E-state index in [0.29, 0.717) is 29.3 Å². The van der Waals surface area contributed by atoms with Gasteiger partial charge in [0, 0.05) is 50.4 Å². The van der Waals surface area contributed by atoms with E-state index in [-0.39, 0.29) is 28.6 Å². The van der Waals surface area contributed by atoms with Crippen molar-refractivity contribution < 1.29 is 9.18 Å². The molecule has 1 fully saturated rings. The summed E-state index contributed by atoms with van der Waals surface area (Å²) in [6.07, 6.45) is 3.80. The van der Waals surface area contributed by atoms with E-state index in [1.807, 2.05) is 13.0 Å². The molecule has 0 bridgehead atoms. The summed E-state index contributed by atoms with van der Waals surface area (Å²) in [4.78, 5) is 33.7. The SMILES string of the molecule is CCCC(Sc1nc(C)c(Cc2ccc(F)cc2)c(=O)n1C)C(=O)NC1CCN(Cc2ccccc2)CC1. The van der Waals surface area contributed by atoms with Gasteiger partial charge in [0.1, 0.15) is 5.82 Å². The van der Waals surface area contributed by atoms with Gasteiger partial charge in [-0.05, 0) is 49.4 Å². The van der Waals surface area contributed by atoms with Gasteiger partial charge in [0.25, 0.3) is 5.56 Å². The Hall–Kier alpha value is -2.97. The van der Waals surface area contributed by atoms with Crippen LogP contribution in [-0.4, -0.2) is 44.7 Å². The molecule has 1 aliphatic rings. The van der Waals surface area contributed by atoms with Crippen LogP contribution in [0.25, 0.3) is 0 Å². The van der Waals surface area contributed by atoms with Crippen molar-refractivity contribution in [2.45, 2.75) is 68.9 Å². The Kier molecular flexibility index (Phi) is 9.74. The number of rotatable bonds is 10. The van der Waals surface area contributed by atoms with Gasteiger partial charge in [0.05, 0.1) is 5.25 Å². The van der Waals surface area contributed by atoms with Gasteiger partial charge >= 0.3 is 0 Å². The quantitative estimate of drug-likeness (QED) is 0.296. The number of aryl methyl sites for hydroxylation is 1. The Morgan fingerprint density at radius 2 is 1.79 bits per heavy atom. The standard InChI is InChI=1S/C30H37FN4O2S/c1-4-8-27(28(36)33-25-15-17-35(18-16-25)20-23-9-6-5-7-10-23)38-30-32-21(2)26(29(37)34(30)3)19-22-11-13-24(31)14-12-22/h5-7,9-14,25,27H,4,8,15-20H2,1-3H3,(H,33,36). The third-order valence-corrected chi connectivity index (χ3v) is 8.43. The highest BCUT2D eigenvalue weighted by molar-refractivity contribution is 8.00. The van der Waals surface area contributed by atoms with Gasteiger partial charge in [-0.1, -0.05) is 67.6 Å². The third-order valence-electron chi connectivity index (χ3n) is 7.12. The lowest BCUT2D eigenvalue weighted by Gasteiger charge is -2.33. The fraction of sp³-hybridized carbons (Fsp3) is 0.433. The maximum Gasteiger partial charge on any atom is 0.257 e. The van der Waals surface area contributed by atoms with Gasteiger partial charge in [-0.2, -0.15) is 0 Å². The summed E-state index contributed by atoms with van der Waals surface area (Å²) in [5.41, 5.74) is 3.26. The first-order valence-corrected chi connectivity index (χ1v) is 14.3. The Morgan fingerprint density at radius 3 is 2.45 bits per heavy atom. The summed E-state index contributed by atoms with van der Waals surface area (Å²) < 4.78 is 14.8. The van der Waals surface area contributed by atoms with Crippen LogP contribution < -0.4 is 10.9 Å². The van der Waals surface area contributed by atoms with E-state index in [0.717, 1.165) is 44.5 Å². The number of carbonyl (C=O) groups is 1. The van der Waals surface area contributed by atoms with E-state index >= 15 is 0 Å². The molecule has 6 nitrogen and oxygen atoms in total. The van der Waals surface area contributed by atoms with Crippen molar-refractivity contribution in [3.8, 4) is 0 Å². The number of benzene rings is 2. The highest BCUT2D eigenvalue weighted by atomic mass is 32.2. The number of nitrogens with one attached hydrogen (secondary N) is 1. The number of nitrogens with zero attached hydrogens (tertiary/aromatic N) is 3. The van der Waals surface area contributed by atoms with Crippen LogP contribution in [-0.2, 0) is 24.8 Å². The molecular formula is C30H37FN4O2S. The molecule has 0 saturated carbocycles. The normalized spacial score (nSPS) is 15.4. The van der Waals surface area contributed by atoms with Gasteiger partial charge in [-0.25, -0.2) is 9.37 Å². The van der Waals surface area contributed by atoms with E-state index < -0.39 is 0 Å². The molecular weight excluding hydrogens is 499 g/mol. The number of hydrogen-bond donors (Lipinski definition) is 1. The molecule has 3 aromatic rings. The van der Waals surface area contributed by atoms with Crippen LogP contribution in [0.2, 0.25) is 0 Å². The monoisotopic (exact) mass is 536 g/mol. The molecule has 2 heterocycles. The minimum absolute atomic E-state index is 0.0145. The van der Waals surface area contributed by atoms with Crippen LogP contribution in [0.3, 0.4) is 0 Å². The number of piperidine rings is 1. The zero-order chi connectivity index (χ0) is 27.1. The first-order valence-electron chi connectivity index (χ1n) is 13.4. The minimum Gasteiger partial charge on any atom is -0.352 e. The first kappa shape index (κ1) is 28.0. The average Bonchev–Trinajstić information content (AvgIpc) is 2.92. The van der Waals surface area contributed by atoms with Gasteiger partial charge in [0.15, 0.2) is 5.16 Å². The molecule has 2 aromatic carbocycles. The van der Waals surface area contributed by atoms with Crippen LogP contribution >= 0.6 is 11.8 Å². The summed E-state index contributed by atoms with van der Waals surface area (Å²) in [6.45, 7) is 6.73. The Labute approximate surface area is 228 Å². The van der Waals surface area contributed by atoms with Crippen LogP contribution in [0.4, 0.5) is 4.39 Å². The van der Waals surface area contributed by atoms with Gasteiger partial charge < -0.3 is 5.32 Å². The van der Waals surface area contributed by atoms with Crippen LogP contribution in [0, 0.1) is 12.7 Å². The van der Waals surface area contributed by atoms with Crippen molar-refractivity contribution in [3.63, 3.8) is 0 Å². The second-order valence-corrected chi connectivity index (χ2v) is 11.2. The van der Waals surface area contributed by atoms with Crippen molar-refractivity contribution in [1.82, 2.24) is 19.8 Å². The highest BCUT2D eigenvalue weighted by Gasteiger charge is 2.27.